The van der Waals surface area contributed by atoms with Crippen LogP contribution in [0.4, 0.5) is 19.3 Å². The van der Waals surface area contributed by atoms with Crippen molar-refractivity contribution in [3.05, 3.63) is 65.2 Å². The van der Waals surface area contributed by atoms with Crippen molar-refractivity contribution in [2.75, 3.05) is 25.0 Å². The van der Waals surface area contributed by atoms with Crippen LogP contribution in [0.25, 0.3) is 0 Å². The number of hydrogen-bond donors (Lipinski definition) is 2. The summed E-state index contributed by atoms with van der Waals surface area (Å²) in [5.41, 5.74) is 1.55. The molecule has 2 aliphatic rings. The van der Waals surface area contributed by atoms with Gasteiger partial charge in [-0.25, -0.2) is 13.6 Å². The number of unbranched alkanes of at least 4 members (excludes halogenated alkanes) is 1. The Morgan fingerprint density at radius 1 is 1.21 bits per heavy atom. The number of carbonyl (C=O) groups is 2. The maximum Gasteiger partial charge on any atom is 0.322 e. The lowest BCUT2D eigenvalue weighted by Gasteiger charge is -2.58. The highest BCUT2D eigenvalue weighted by molar-refractivity contribution is 5.94. The van der Waals surface area contributed by atoms with Gasteiger partial charge in [-0.3, -0.25) is 4.79 Å². The van der Waals surface area contributed by atoms with Crippen LogP contribution in [0.2, 0.25) is 0 Å². The number of nitrogens with one attached hydrogen (secondary N) is 1. The van der Waals surface area contributed by atoms with Gasteiger partial charge in [-0.2, -0.15) is 0 Å². The number of fused-ring (bicyclic) bond motifs is 1. The zero-order chi connectivity index (χ0) is 23.5. The number of carbonyl (C=O) groups excluding carboxylic acids is 2. The molecule has 0 spiro atoms. The van der Waals surface area contributed by atoms with Crippen LogP contribution in [0.5, 0.6) is 0 Å². The van der Waals surface area contributed by atoms with Gasteiger partial charge in [0, 0.05) is 30.5 Å². The Kier molecular flexibility index (Phi) is 6.61. The molecule has 0 aliphatic carbocycles. The molecular weight excluding hydrogens is 428 g/mol. The third kappa shape index (κ3) is 4.55. The average Bonchev–Trinajstić information content (AvgIpc) is 2.78. The summed E-state index contributed by atoms with van der Waals surface area (Å²) in [5, 5.41) is 12.3. The van der Waals surface area contributed by atoms with Crippen LogP contribution in [0.3, 0.4) is 0 Å². The standard InChI is InChI=1S/C25H25F2N3O3/c1-2-3-4-5-16-6-8-17(9-7-16)24-21-13-29(14-23(32)30(21)22(24)15-31)25(33)28-20-12-18(26)10-11-19(20)27/h6-12,21-22,24,31H,2-3,13-15H2,1H3,(H,28,33)/t21-,22-,24+/m1/s1. The van der Waals surface area contributed by atoms with Crippen molar-refractivity contribution in [1.82, 2.24) is 9.80 Å². The van der Waals surface area contributed by atoms with Gasteiger partial charge in [0.05, 0.1) is 24.4 Å². The summed E-state index contributed by atoms with van der Waals surface area (Å²) in [7, 11) is 0. The number of aliphatic hydroxyl groups excluding tert-OH is 1. The number of urea groups is 1. The minimum absolute atomic E-state index is 0.155. The van der Waals surface area contributed by atoms with Crippen molar-refractivity contribution in [1.29, 1.82) is 0 Å². The first-order chi connectivity index (χ1) is 15.9. The number of nitrogens with zero attached hydrogens (tertiary/aromatic N) is 2. The summed E-state index contributed by atoms with van der Waals surface area (Å²) in [6.45, 7) is 1.90. The molecule has 4 rings (SSSR count). The van der Waals surface area contributed by atoms with E-state index in [1.54, 1.807) is 4.90 Å². The number of piperazine rings is 1. The van der Waals surface area contributed by atoms with Crippen molar-refractivity contribution in [3.63, 3.8) is 0 Å². The summed E-state index contributed by atoms with van der Waals surface area (Å²) >= 11 is 0. The van der Waals surface area contributed by atoms with Crippen LogP contribution in [0.1, 0.15) is 36.8 Å². The third-order valence-electron chi connectivity index (χ3n) is 6.11. The van der Waals surface area contributed by atoms with Crippen LogP contribution >= 0.6 is 0 Å². The highest BCUT2D eigenvalue weighted by Gasteiger charge is 2.54. The number of rotatable bonds is 4. The monoisotopic (exact) mass is 453 g/mol. The Morgan fingerprint density at radius 3 is 2.67 bits per heavy atom. The lowest BCUT2D eigenvalue weighted by Crippen LogP contribution is -2.73. The van der Waals surface area contributed by atoms with Crippen molar-refractivity contribution in [2.45, 2.75) is 37.8 Å². The highest BCUT2D eigenvalue weighted by Crippen LogP contribution is 2.43. The summed E-state index contributed by atoms with van der Waals surface area (Å²) in [5.74, 6) is 4.32. The van der Waals surface area contributed by atoms with E-state index in [1.165, 1.54) is 4.90 Å². The first-order valence-electron chi connectivity index (χ1n) is 10.9. The second kappa shape index (κ2) is 9.59. The maximum atomic E-state index is 13.9. The first-order valence-corrected chi connectivity index (χ1v) is 10.9. The Bertz CT molecular complexity index is 1110. The summed E-state index contributed by atoms with van der Waals surface area (Å²) in [6.07, 6.45) is 1.82. The average molecular weight is 453 g/mol. The molecule has 6 nitrogen and oxygen atoms in total. The van der Waals surface area contributed by atoms with Crippen LogP contribution in [-0.2, 0) is 4.79 Å². The number of aliphatic hydroxyl groups is 1. The Balaban J connectivity index is 1.50. The number of amides is 3. The molecule has 3 atom stereocenters. The molecule has 0 bridgehead atoms. The van der Waals surface area contributed by atoms with Crippen molar-refractivity contribution in [3.8, 4) is 11.8 Å². The number of halogens is 2. The molecule has 33 heavy (non-hydrogen) atoms. The van der Waals surface area contributed by atoms with E-state index in [4.69, 9.17) is 0 Å². The van der Waals surface area contributed by atoms with Gasteiger partial charge in [0.15, 0.2) is 0 Å². The molecule has 2 saturated heterocycles. The molecule has 3 amide bonds. The van der Waals surface area contributed by atoms with Gasteiger partial charge in [-0.1, -0.05) is 30.9 Å². The largest absolute Gasteiger partial charge is 0.394 e. The van der Waals surface area contributed by atoms with Crippen LogP contribution in [0.15, 0.2) is 42.5 Å². The molecule has 0 saturated carbocycles. The second-order valence-corrected chi connectivity index (χ2v) is 8.25. The van der Waals surface area contributed by atoms with E-state index in [1.807, 2.05) is 24.3 Å². The number of hydrogen-bond acceptors (Lipinski definition) is 3. The van der Waals surface area contributed by atoms with E-state index < -0.39 is 17.7 Å². The van der Waals surface area contributed by atoms with Gasteiger partial charge in [-0.15, -0.1) is 0 Å². The molecule has 2 aliphatic heterocycles. The minimum Gasteiger partial charge on any atom is -0.394 e. The lowest BCUT2D eigenvalue weighted by molar-refractivity contribution is -0.159. The molecule has 8 heteroatoms. The molecule has 2 aromatic rings. The molecule has 0 radical (unpaired) electrons. The number of benzene rings is 2. The zero-order valence-corrected chi connectivity index (χ0v) is 18.2. The molecule has 2 aromatic carbocycles. The zero-order valence-electron chi connectivity index (χ0n) is 18.2. The summed E-state index contributed by atoms with van der Waals surface area (Å²) < 4.78 is 27.4. The van der Waals surface area contributed by atoms with E-state index in [-0.39, 0.29) is 49.3 Å². The van der Waals surface area contributed by atoms with E-state index in [0.29, 0.717) is 0 Å². The molecule has 0 unspecified atom stereocenters. The quantitative estimate of drug-likeness (QED) is 0.698. The fourth-order valence-electron chi connectivity index (χ4n) is 4.52. The Labute approximate surface area is 191 Å². The lowest BCUT2D eigenvalue weighted by atomic mass is 9.73. The van der Waals surface area contributed by atoms with Crippen LogP contribution in [0, 0.1) is 23.5 Å². The molecule has 2 fully saturated rings. The van der Waals surface area contributed by atoms with Crippen molar-refractivity contribution < 1.29 is 23.5 Å². The molecule has 2 heterocycles. The molecule has 172 valence electrons. The predicted octanol–water partition coefficient (Wildman–Crippen LogP) is 3.32. The fraction of sp³-hybridized carbons (Fsp3) is 0.360. The highest BCUT2D eigenvalue weighted by atomic mass is 19.1. The third-order valence-corrected chi connectivity index (χ3v) is 6.11. The van der Waals surface area contributed by atoms with Crippen LogP contribution in [-0.4, -0.2) is 58.6 Å². The van der Waals surface area contributed by atoms with Gasteiger partial charge in [-0.05, 0) is 36.2 Å². The Morgan fingerprint density at radius 2 is 1.97 bits per heavy atom. The fourth-order valence-corrected chi connectivity index (χ4v) is 4.52. The van der Waals surface area contributed by atoms with Crippen molar-refractivity contribution >= 4 is 17.6 Å². The van der Waals surface area contributed by atoms with Gasteiger partial charge >= 0.3 is 6.03 Å². The molecule has 2 N–H and O–H groups in total. The molecular formula is C25H25F2N3O3. The van der Waals surface area contributed by atoms with Crippen LogP contribution < -0.4 is 5.32 Å². The van der Waals surface area contributed by atoms with E-state index in [9.17, 15) is 23.5 Å². The van der Waals surface area contributed by atoms with Gasteiger partial charge < -0.3 is 20.2 Å². The van der Waals surface area contributed by atoms with Crippen molar-refractivity contribution in [2.24, 2.45) is 0 Å². The molecule has 0 aromatic heterocycles. The first kappa shape index (κ1) is 22.7. The van der Waals surface area contributed by atoms with E-state index in [2.05, 4.69) is 24.1 Å². The predicted molar refractivity (Wildman–Crippen MR) is 119 cm³/mol. The smallest absolute Gasteiger partial charge is 0.322 e. The van der Waals surface area contributed by atoms with Gasteiger partial charge in [0.1, 0.15) is 18.2 Å². The second-order valence-electron chi connectivity index (χ2n) is 8.25. The SMILES string of the molecule is CCCC#Cc1ccc([C@@H]2[C@@H](CO)N3C(=O)CN(C(=O)Nc4cc(F)ccc4F)C[C@H]23)cc1. The Hall–Kier alpha value is -3.44. The maximum absolute atomic E-state index is 13.9. The number of anilines is 1. The normalized spacial score (nSPS) is 21.6. The van der Waals surface area contributed by atoms with Gasteiger partial charge in [0.2, 0.25) is 5.91 Å². The summed E-state index contributed by atoms with van der Waals surface area (Å²) in [4.78, 5) is 28.3. The van der Waals surface area contributed by atoms with E-state index >= 15 is 0 Å². The van der Waals surface area contributed by atoms with Gasteiger partial charge in [0.25, 0.3) is 0 Å². The topological polar surface area (TPSA) is 72.9 Å². The summed E-state index contributed by atoms with van der Waals surface area (Å²) in [6, 6.07) is 9.12. The minimum atomic E-state index is -0.765. The van der Waals surface area contributed by atoms with E-state index in [0.717, 1.165) is 42.2 Å².